The van der Waals surface area contributed by atoms with Crippen molar-refractivity contribution in [3.8, 4) is 0 Å². The Hall–Kier alpha value is -1.02. The quantitative estimate of drug-likeness (QED) is 0.133. The van der Waals surface area contributed by atoms with Crippen LogP contribution in [-0.2, 0) is 80.5 Å². The van der Waals surface area contributed by atoms with E-state index in [1.54, 1.807) is 71.1 Å². The van der Waals surface area contributed by atoms with Gasteiger partial charge in [-0.25, -0.2) is 0 Å². The molecule has 0 radical (unpaired) electrons. The third kappa shape index (κ3) is 10.7. The average molecular weight is 828 g/mol. The first-order chi connectivity index (χ1) is 27.6. The van der Waals surface area contributed by atoms with E-state index in [4.69, 9.17) is 80.5 Å². The molecule has 0 aromatic rings. The topological polar surface area (TPSA) is 189 Å². The summed E-state index contributed by atoms with van der Waals surface area (Å²) in [7, 11) is 18.9. The molecule has 3 aliphatic heterocycles. The Morgan fingerprint density at radius 3 is 1.40 bits per heavy atom. The van der Waals surface area contributed by atoms with Crippen LogP contribution in [0, 0.1) is 5.92 Å². The first kappa shape index (κ1) is 48.6. The molecular weight excluding hydrogens is 758 g/mol. The molecule has 57 heavy (non-hydrogen) atoms. The minimum absolute atomic E-state index is 0.104. The molecule has 0 aromatic heterocycles. The molecule has 4 aliphatic rings. The number of aliphatic hydroxyl groups is 1. The fourth-order valence-corrected chi connectivity index (χ4v) is 8.77. The number of aliphatic hydroxyl groups excluding tert-OH is 1. The van der Waals surface area contributed by atoms with Crippen molar-refractivity contribution >= 4 is 0 Å². The van der Waals surface area contributed by atoms with Crippen molar-refractivity contribution in [2.24, 2.45) is 5.92 Å². The third-order valence-electron chi connectivity index (χ3n) is 11.5. The maximum absolute atomic E-state index is 10.3. The van der Waals surface area contributed by atoms with E-state index in [-0.39, 0.29) is 31.8 Å². The summed E-state index contributed by atoms with van der Waals surface area (Å²) in [6, 6.07) is -0.770. The van der Waals surface area contributed by atoms with Crippen LogP contribution in [0.5, 0.6) is 0 Å². The number of methoxy groups -OCH3 is 12. The van der Waals surface area contributed by atoms with Crippen LogP contribution in [0.15, 0.2) is 11.6 Å². The highest BCUT2D eigenvalue weighted by molar-refractivity contribution is 5.22. The van der Waals surface area contributed by atoms with Crippen molar-refractivity contribution in [2.75, 3.05) is 112 Å². The molecule has 3 saturated heterocycles. The van der Waals surface area contributed by atoms with Gasteiger partial charge in [-0.15, -0.1) is 0 Å². The van der Waals surface area contributed by atoms with Gasteiger partial charge in [0.25, 0.3) is 0 Å². The molecule has 1 aliphatic carbocycles. The van der Waals surface area contributed by atoms with Crippen LogP contribution in [0.1, 0.15) is 6.92 Å². The number of rotatable bonds is 22. The van der Waals surface area contributed by atoms with Crippen molar-refractivity contribution < 1.29 is 85.6 Å². The molecule has 0 amide bonds. The lowest BCUT2D eigenvalue weighted by atomic mass is 9.80. The van der Waals surface area contributed by atoms with Gasteiger partial charge in [0.05, 0.1) is 50.7 Å². The van der Waals surface area contributed by atoms with Gasteiger partial charge in [-0.2, -0.15) is 0 Å². The zero-order valence-corrected chi connectivity index (χ0v) is 35.8. The lowest BCUT2D eigenvalue weighted by molar-refractivity contribution is -0.381. The maximum atomic E-state index is 10.3. The zero-order valence-electron chi connectivity index (χ0n) is 35.8. The average Bonchev–Trinajstić information content (AvgIpc) is 3.22. The SMILES string of the molecule is COCC1=C[C@@H](N[C@H]2C(C)O[C@@H](O[C@H]3C(COC)O[C@@H](O[C@H]4C(COC)OC(OC)C(OC)[C@@H]4OC)C(OC)[C@@H]3OC)C(OC)[C@@H]2OC)C(OC)[C@H](OC)[C@H]1CO. The zero-order chi connectivity index (χ0) is 41.8. The summed E-state index contributed by atoms with van der Waals surface area (Å²) >= 11 is 0. The Labute approximate surface area is 337 Å². The molecule has 19 nitrogen and oxygen atoms in total. The smallest absolute Gasteiger partial charge is 0.187 e. The van der Waals surface area contributed by atoms with Gasteiger partial charge in [0.15, 0.2) is 18.9 Å². The minimum Gasteiger partial charge on any atom is -0.396 e. The molecule has 3 heterocycles. The monoisotopic (exact) mass is 827 g/mol. The fraction of sp³-hybridized carbons (Fsp3) is 0.947. The molecule has 334 valence electrons. The van der Waals surface area contributed by atoms with E-state index >= 15 is 0 Å². The third-order valence-corrected chi connectivity index (χ3v) is 11.5. The second-order valence-electron chi connectivity index (χ2n) is 14.4. The van der Waals surface area contributed by atoms with E-state index in [9.17, 15) is 5.11 Å². The van der Waals surface area contributed by atoms with Crippen LogP contribution in [0.4, 0.5) is 0 Å². The molecule has 0 spiro atoms. The Morgan fingerprint density at radius 1 is 0.509 bits per heavy atom. The molecule has 19 atom stereocenters. The van der Waals surface area contributed by atoms with E-state index < -0.39 is 104 Å². The summed E-state index contributed by atoms with van der Waals surface area (Å²) in [5.41, 5.74) is 0.892. The van der Waals surface area contributed by atoms with Crippen molar-refractivity contribution in [3.63, 3.8) is 0 Å². The molecule has 3 fully saturated rings. The number of nitrogens with one attached hydrogen (secondary N) is 1. The second-order valence-corrected chi connectivity index (χ2v) is 14.4. The van der Waals surface area contributed by atoms with Gasteiger partial charge in [0.2, 0.25) is 0 Å². The van der Waals surface area contributed by atoms with Crippen LogP contribution < -0.4 is 5.32 Å². The van der Waals surface area contributed by atoms with E-state index in [0.717, 1.165) is 5.57 Å². The highest BCUT2D eigenvalue weighted by atomic mass is 16.8. The van der Waals surface area contributed by atoms with Gasteiger partial charge >= 0.3 is 0 Å². The minimum atomic E-state index is -1.01. The summed E-state index contributed by atoms with van der Waals surface area (Å²) in [6.45, 7) is 2.40. The Kier molecular flexibility index (Phi) is 20.3. The van der Waals surface area contributed by atoms with Crippen LogP contribution in [0.25, 0.3) is 0 Å². The molecule has 4 rings (SSSR count). The Bertz CT molecular complexity index is 1170. The van der Waals surface area contributed by atoms with Gasteiger partial charge in [-0.1, -0.05) is 6.08 Å². The molecular formula is C38H69NO18. The largest absolute Gasteiger partial charge is 0.396 e. The van der Waals surface area contributed by atoms with Crippen LogP contribution in [0.2, 0.25) is 0 Å². The van der Waals surface area contributed by atoms with E-state index in [2.05, 4.69) is 5.32 Å². The van der Waals surface area contributed by atoms with E-state index in [1.165, 1.54) is 14.2 Å². The number of ether oxygens (including phenoxy) is 17. The number of hydrogen-bond donors (Lipinski definition) is 2. The van der Waals surface area contributed by atoms with Crippen LogP contribution in [0.3, 0.4) is 0 Å². The molecule has 0 bridgehead atoms. The van der Waals surface area contributed by atoms with Crippen molar-refractivity contribution in [3.05, 3.63) is 11.6 Å². The van der Waals surface area contributed by atoms with Gasteiger partial charge in [-0.3, -0.25) is 0 Å². The first-order valence-electron chi connectivity index (χ1n) is 19.2. The standard InChI is InChI=1S/C38H69NO18/c1-19-25(39-22-14-20(16-41-2)21(15-40)26(44-5)27(22)45-6)30(46-7)33(49-10)37(53-19)56-29-24(18-43-4)55-38(35(51-12)32(29)48-9)57-28-23(17-42-3)54-36(52-13)34(50-11)31(28)47-8/h14,19,21-40H,15-18H2,1-13H3/t19?,21-,22+,23?,24?,25-,26+,27?,28-,29-,30+,31+,32+,33?,34?,35?,36?,37-,38-/m0/s1. The van der Waals surface area contributed by atoms with Crippen molar-refractivity contribution in [1.29, 1.82) is 0 Å². The molecule has 0 aromatic carbocycles. The fourth-order valence-electron chi connectivity index (χ4n) is 8.77. The van der Waals surface area contributed by atoms with Gasteiger partial charge < -0.3 is 90.9 Å². The van der Waals surface area contributed by atoms with Crippen LogP contribution in [-0.4, -0.2) is 227 Å². The van der Waals surface area contributed by atoms with Crippen molar-refractivity contribution in [2.45, 2.75) is 117 Å². The molecule has 8 unspecified atom stereocenters. The van der Waals surface area contributed by atoms with Gasteiger partial charge in [0.1, 0.15) is 67.1 Å². The Balaban J connectivity index is 1.60. The normalized spacial score (nSPS) is 42.9. The maximum Gasteiger partial charge on any atom is 0.187 e. The van der Waals surface area contributed by atoms with E-state index in [1.807, 2.05) is 13.0 Å². The summed E-state index contributed by atoms with van der Waals surface area (Å²) in [5, 5.41) is 14.0. The van der Waals surface area contributed by atoms with Gasteiger partial charge in [0, 0.05) is 91.2 Å². The Morgan fingerprint density at radius 2 is 0.965 bits per heavy atom. The molecule has 0 saturated carbocycles. The summed E-state index contributed by atoms with van der Waals surface area (Å²) in [4.78, 5) is 0. The lowest BCUT2D eigenvalue weighted by Crippen LogP contribution is -2.69. The highest BCUT2D eigenvalue weighted by Gasteiger charge is 2.56. The van der Waals surface area contributed by atoms with Gasteiger partial charge in [-0.05, 0) is 12.5 Å². The number of hydrogen-bond acceptors (Lipinski definition) is 19. The lowest BCUT2D eigenvalue weighted by Gasteiger charge is -2.51. The highest BCUT2D eigenvalue weighted by Crippen LogP contribution is 2.37. The first-order valence-corrected chi connectivity index (χ1v) is 19.2. The summed E-state index contributed by atoms with van der Waals surface area (Å²) in [6.07, 6.45) is -9.06. The summed E-state index contributed by atoms with van der Waals surface area (Å²) < 4.78 is 103. The molecule has 19 heteroatoms. The predicted molar refractivity (Wildman–Crippen MR) is 200 cm³/mol. The molecule has 2 N–H and O–H groups in total. The van der Waals surface area contributed by atoms with Crippen LogP contribution >= 0.6 is 0 Å². The summed E-state index contributed by atoms with van der Waals surface area (Å²) in [5.74, 6) is -0.303. The van der Waals surface area contributed by atoms with Crippen molar-refractivity contribution in [1.82, 2.24) is 5.32 Å². The van der Waals surface area contributed by atoms with E-state index in [0.29, 0.717) is 6.61 Å². The second kappa shape index (κ2) is 23.8. The predicted octanol–water partition coefficient (Wildman–Crippen LogP) is -0.468.